The first kappa shape index (κ1) is 17.3. The molecule has 2 rings (SSSR count). The first-order valence-electron chi connectivity index (χ1n) is 8.02. The van der Waals surface area contributed by atoms with Crippen molar-refractivity contribution in [1.29, 1.82) is 0 Å². The molecular formula is C17H26N4O2. The van der Waals surface area contributed by atoms with E-state index in [1.54, 1.807) is 19.0 Å². The number of carbonyl (C=O) groups is 1. The van der Waals surface area contributed by atoms with Crippen molar-refractivity contribution in [3.8, 4) is 0 Å². The summed E-state index contributed by atoms with van der Waals surface area (Å²) >= 11 is 0. The van der Waals surface area contributed by atoms with Crippen LogP contribution < -0.4 is 11.1 Å². The highest BCUT2D eigenvalue weighted by molar-refractivity contribution is 5.92. The van der Waals surface area contributed by atoms with E-state index in [-0.39, 0.29) is 18.1 Å². The van der Waals surface area contributed by atoms with E-state index in [9.17, 15) is 4.79 Å². The van der Waals surface area contributed by atoms with Crippen molar-refractivity contribution < 1.29 is 9.53 Å². The fourth-order valence-electron chi connectivity index (χ4n) is 2.57. The Balaban J connectivity index is 1.84. The van der Waals surface area contributed by atoms with Crippen LogP contribution in [0.4, 0.5) is 5.69 Å². The van der Waals surface area contributed by atoms with Crippen LogP contribution in [0.25, 0.3) is 0 Å². The van der Waals surface area contributed by atoms with Crippen molar-refractivity contribution >= 4 is 17.6 Å². The molecule has 2 unspecified atom stereocenters. The number of aryl methyl sites for hydroxylation is 1. The molecule has 6 nitrogen and oxygen atoms in total. The molecule has 0 aliphatic carbocycles. The maximum absolute atomic E-state index is 11.9. The normalized spacial score (nSPS) is 21.3. The van der Waals surface area contributed by atoms with Crippen molar-refractivity contribution in [2.24, 2.45) is 10.7 Å². The molecule has 1 aromatic carbocycles. The number of amides is 1. The molecule has 1 heterocycles. The lowest BCUT2D eigenvalue weighted by atomic mass is 10.1. The van der Waals surface area contributed by atoms with E-state index >= 15 is 0 Å². The summed E-state index contributed by atoms with van der Waals surface area (Å²) in [6.07, 6.45) is 2.14. The summed E-state index contributed by atoms with van der Waals surface area (Å²) in [7, 11) is 3.48. The van der Waals surface area contributed by atoms with Crippen LogP contribution >= 0.6 is 0 Å². The smallest absolute Gasteiger partial charge is 0.251 e. The molecule has 1 fully saturated rings. The van der Waals surface area contributed by atoms with Gasteiger partial charge in [-0.15, -0.1) is 0 Å². The number of rotatable bonds is 5. The lowest BCUT2D eigenvalue weighted by molar-refractivity contribution is -0.140. The molecule has 1 aliphatic heterocycles. The number of hydrogen-bond donors (Lipinski definition) is 2. The first-order chi connectivity index (χ1) is 11.0. The second-order valence-electron chi connectivity index (χ2n) is 5.96. The largest absolute Gasteiger partial charge is 0.370 e. The molecular weight excluding hydrogens is 292 g/mol. The summed E-state index contributed by atoms with van der Waals surface area (Å²) in [5.74, 6) is 0.378. The number of guanidine groups is 1. The second kappa shape index (κ2) is 7.97. The third kappa shape index (κ3) is 4.96. The minimum Gasteiger partial charge on any atom is -0.370 e. The van der Waals surface area contributed by atoms with Crippen molar-refractivity contribution in [3.63, 3.8) is 0 Å². The molecule has 126 valence electrons. The number of nitrogens with one attached hydrogen (secondary N) is 1. The fraction of sp³-hybridized carbons (Fsp3) is 0.529. The maximum atomic E-state index is 11.9. The third-order valence-electron chi connectivity index (χ3n) is 3.90. The molecule has 0 bridgehead atoms. The molecule has 1 saturated heterocycles. The number of hydrogen-bond acceptors (Lipinski definition) is 3. The van der Waals surface area contributed by atoms with Gasteiger partial charge in [0.2, 0.25) is 0 Å². The number of carbonyl (C=O) groups excluding carboxylic acids is 1. The number of ether oxygens (including phenoxy) is 1. The lowest BCUT2D eigenvalue weighted by Gasteiger charge is -2.16. The zero-order chi connectivity index (χ0) is 16.8. The highest BCUT2D eigenvalue weighted by atomic mass is 16.5. The van der Waals surface area contributed by atoms with Gasteiger partial charge in [-0.05, 0) is 37.0 Å². The van der Waals surface area contributed by atoms with Gasteiger partial charge in [0.15, 0.2) is 5.96 Å². The van der Waals surface area contributed by atoms with Crippen LogP contribution in [0.5, 0.6) is 0 Å². The highest BCUT2D eigenvalue weighted by Gasteiger charge is 2.31. The monoisotopic (exact) mass is 318 g/mol. The van der Waals surface area contributed by atoms with E-state index < -0.39 is 0 Å². The predicted octanol–water partition coefficient (Wildman–Crippen LogP) is 1.61. The van der Waals surface area contributed by atoms with E-state index in [0.717, 1.165) is 24.9 Å². The standard InChI is InChI=1S/C17H26N4O2/c1-4-12-6-5-7-13(10-12)20-17(18)19-11-14-8-9-15(23-14)16(22)21(2)3/h5-7,10,14-15H,4,8-9,11H2,1-3H3,(H3,18,19,20). The third-order valence-corrected chi connectivity index (χ3v) is 3.90. The molecule has 0 saturated carbocycles. The predicted molar refractivity (Wildman–Crippen MR) is 92.5 cm³/mol. The van der Waals surface area contributed by atoms with Crippen molar-refractivity contribution in [2.75, 3.05) is 26.0 Å². The second-order valence-corrected chi connectivity index (χ2v) is 5.96. The summed E-state index contributed by atoms with van der Waals surface area (Å²) in [6.45, 7) is 2.57. The van der Waals surface area contributed by atoms with Gasteiger partial charge >= 0.3 is 0 Å². The molecule has 0 spiro atoms. The summed E-state index contributed by atoms with van der Waals surface area (Å²) in [4.78, 5) is 17.7. The first-order valence-corrected chi connectivity index (χ1v) is 8.02. The van der Waals surface area contributed by atoms with Crippen molar-refractivity contribution in [3.05, 3.63) is 29.8 Å². The topological polar surface area (TPSA) is 79.9 Å². The van der Waals surface area contributed by atoms with Gasteiger partial charge in [-0.2, -0.15) is 0 Å². The highest BCUT2D eigenvalue weighted by Crippen LogP contribution is 2.21. The van der Waals surface area contributed by atoms with E-state index in [1.807, 2.05) is 12.1 Å². The Labute approximate surface area is 137 Å². The summed E-state index contributed by atoms with van der Waals surface area (Å²) < 4.78 is 5.74. The van der Waals surface area contributed by atoms with E-state index in [2.05, 4.69) is 29.4 Å². The zero-order valence-electron chi connectivity index (χ0n) is 14.1. The molecule has 6 heteroatoms. The Kier molecular flexibility index (Phi) is 5.98. The molecule has 0 aromatic heterocycles. The number of anilines is 1. The Hall–Kier alpha value is -2.08. The van der Waals surface area contributed by atoms with E-state index in [1.165, 1.54) is 5.56 Å². The molecule has 1 amide bonds. The number of benzene rings is 1. The van der Waals surface area contributed by atoms with Gasteiger partial charge in [0, 0.05) is 19.8 Å². The fourth-order valence-corrected chi connectivity index (χ4v) is 2.57. The number of nitrogens with two attached hydrogens (primary N) is 1. The van der Waals surface area contributed by atoms with Crippen LogP contribution in [-0.2, 0) is 16.0 Å². The maximum Gasteiger partial charge on any atom is 0.251 e. The average Bonchev–Trinajstić information content (AvgIpc) is 3.01. The van der Waals surface area contributed by atoms with Gasteiger partial charge in [-0.3, -0.25) is 9.79 Å². The molecule has 1 aromatic rings. The molecule has 3 N–H and O–H groups in total. The zero-order valence-corrected chi connectivity index (χ0v) is 14.1. The lowest BCUT2D eigenvalue weighted by Crippen LogP contribution is -2.34. The van der Waals surface area contributed by atoms with Crippen molar-refractivity contribution in [1.82, 2.24) is 4.90 Å². The minimum absolute atomic E-state index is 0.0129. The average molecular weight is 318 g/mol. The van der Waals surface area contributed by atoms with Crippen LogP contribution in [0.1, 0.15) is 25.3 Å². The number of aliphatic imine (C=N–C) groups is 1. The Morgan fingerprint density at radius 1 is 1.43 bits per heavy atom. The van der Waals surface area contributed by atoms with Gasteiger partial charge in [-0.1, -0.05) is 19.1 Å². The van der Waals surface area contributed by atoms with Gasteiger partial charge in [0.25, 0.3) is 5.91 Å². The van der Waals surface area contributed by atoms with Crippen LogP contribution in [0.3, 0.4) is 0 Å². The Morgan fingerprint density at radius 3 is 2.91 bits per heavy atom. The number of nitrogens with zero attached hydrogens (tertiary/aromatic N) is 2. The number of likely N-dealkylation sites (N-methyl/N-ethyl adjacent to an activating group) is 1. The summed E-state index contributed by atoms with van der Waals surface area (Å²) in [6, 6.07) is 8.08. The minimum atomic E-state index is -0.347. The SMILES string of the molecule is CCc1cccc(NC(N)=NCC2CCC(C(=O)N(C)C)O2)c1. The Morgan fingerprint density at radius 2 is 2.22 bits per heavy atom. The van der Waals surface area contributed by atoms with E-state index in [0.29, 0.717) is 12.5 Å². The van der Waals surface area contributed by atoms with Crippen LogP contribution in [0, 0.1) is 0 Å². The van der Waals surface area contributed by atoms with Crippen molar-refractivity contribution in [2.45, 2.75) is 38.4 Å². The summed E-state index contributed by atoms with van der Waals surface area (Å²) in [5.41, 5.74) is 8.10. The molecule has 2 atom stereocenters. The van der Waals surface area contributed by atoms with Crippen LogP contribution in [0.15, 0.2) is 29.3 Å². The molecule has 0 radical (unpaired) electrons. The molecule has 23 heavy (non-hydrogen) atoms. The molecule has 1 aliphatic rings. The quantitative estimate of drug-likeness (QED) is 0.638. The van der Waals surface area contributed by atoms with Crippen LogP contribution in [0.2, 0.25) is 0 Å². The van der Waals surface area contributed by atoms with Gasteiger partial charge in [-0.25, -0.2) is 0 Å². The summed E-state index contributed by atoms with van der Waals surface area (Å²) in [5, 5.41) is 3.09. The van der Waals surface area contributed by atoms with Gasteiger partial charge in [0.1, 0.15) is 6.10 Å². The van der Waals surface area contributed by atoms with E-state index in [4.69, 9.17) is 10.5 Å². The van der Waals surface area contributed by atoms with Crippen LogP contribution in [-0.4, -0.2) is 49.6 Å². The van der Waals surface area contributed by atoms with Gasteiger partial charge < -0.3 is 20.7 Å². The Bertz CT molecular complexity index is 571. The van der Waals surface area contributed by atoms with Gasteiger partial charge in [0.05, 0.1) is 12.6 Å².